The highest BCUT2D eigenvalue weighted by atomic mass is 16.5. The minimum Gasteiger partial charge on any atom is -0.479 e. The van der Waals surface area contributed by atoms with E-state index in [9.17, 15) is 4.79 Å². The smallest absolute Gasteiger partial charge is 0.345 e. The van der Waals surface area contributed by atoms with Gasteiger partial charge < -0.3 is 10.3 Å². The first-order chi connectivity index (χ1) is 4.22. The van der Waals surface area contributed by atoms with Gasteiger partial charge in [0.2, 0.25) is 6.17 Å². The van der Waals surface area contributed by atoms with Gasteiger partial charge in [0.1, 0.15) is 0 Å². The summed E-state index contributed by atoms with van der Waals surface area (Å²) in [6.45, 7) is 0.191. The predicted octanol–water partition coefficient (Wildman–Crippen LogP) is -0.827. The van der Waals surface area contributed by atoms with Crippen molar-refractivity contribution in [2.75, 3.05) is 6.54 Å². The van der Waals surface area contributed by atoms with E-state index in [1.54, 1.807) is 0 Å². The third-order valence-corrected chi connectivity index (χ3v) is 1.02. The van der Waals surface area contributed by atoms with Crippen LogP contribution in [0.25, 0.3) is 0 Å². The number of aliphatic carboxylic acids is 1. The number of hydrogen-bond acceptors (Lipinski definition) is 4. The van der Waals surface area contributed by atoms with Gasteiger partial charge in [0.25, 0.3) is 0 Å². The minimum atomic E-state index is -1.13. The Bertz CT molecular complexity index is 156. The van der Waals surface area contributed by atoms with Gasteiger partial charge in [0.05, 0.1) is 6.54 Å². The number of hydroxylamine groups is 2. The molecule has 1 atom stereocenters. The Kier molecular flexibility index (Phi) is 1.46. The number of nitrogens with zero attached hydrogens (tertiary/aromatic N) is 2. The second kappa shape index (κ2) is 2.12. The SMILES string of the molecule is O=C(O)C1N=CCN1O. The van der Waals surface area contributed by atoms with Crippen molar-refractivity contribution in [2.24, 2.45) is 4.99 Å². The van der Waals surface area contributed by atoms with E-state index in [0.717, 1.165) is 0 Å². The second-order valence-corrected chi connectivity index (χ2v) is 1.67. The highest BCUT2D eigenvalue weighted by molar-refractivity contribution is 5.78. The normalized spacial score (nSPS) is 27.0. The van der Waals surface area contributed by atoms with Crippen LogP contribution in [0, 0.1) is 0 Å². The van der Waals surface area contributed by atoms with Gasteiger partial charge in [-0.25, -0.2) is 4.79 Å². The molecule has 0 saturated carbocycles. The first kappa shape index (κ1) is 6.18. The molecule has 0 saturated heterocycles. The van der Waals surface area contributed by atoms with Gasteiger partial charge in [0.15, 0.2) is 0 Å². The molecule has 0 radical (unpaired) electrons. The van der Waals surface area contributed by atoms with E-state index < -0.39 is 12.1 Å². The maximum atomic E-state index is 10.1. The predicted molar refractivity (Wildman–Crippen MR) is 28.4 cm³/mol. The Labute approximate surface area is 51.2 Å². The quantitative estimate of drug-likeness (QED) is 0.486. The van der Waals surface area contributed by atoms with Gasteiger partial charge in [-0.15, -0.1) is 0 Å². The van der Waals surface area contributed by atoms with Crippen LogP contribution in [-0.4, -0.2) is 40.3 Å². The van der Waals surface area contributed by atoms with E-state index in [1.807, 2.05) is 0 Å². The molecule has 1 aliphatic heterocycles. The number of rotatable bonds is 1. The Balaban J connectivity index is 2.59. The number of aliphatic imine (C=N–C) groups is 1. The number of carbonyl (C=O) groups is 1. The lowest BCUT2D eigenvalue weighted by atomic mass is 10.5. The number of hydrogen-bond donors (Lipinski definition) is 2. The van der Waals surface area contributed by atoms with Crippen molar-refractivity contribution in [1.82, 2.24) is 5.06 Å². The first-order valence-corrected chi connectivity index (χ1v) is 2.42. The third-order valence-electron chi connectivity index (χ3n) is 1.02. The molecule has 5 heteroatoms. The molecule has 1 unspecified atom stereocenters. The average molecular weight is 130 g/mol. The highest BCUT2D eigenvalue weighted by Gasteiger charge is 2.25. The van der Waals surface area contributed by atoms with Crippen LogP contribution in [0.15, 0.2) is 4.99 Å². The van der Waals surface area contributed by atoms with Crippen LogP contribution in [0.1, 0.15) is 0 Å². The van der Waals surface area contributed by atoms with Crippen molar-refractivity contribution in [3.63, 3.8) is 0 Å². The van der Waals surface area contributed by atoms with E-state index in [-0.39, 0.29) is 6.54 Å². The lowest BCUT2D eigenvalue weighted by Gasteiger charge is -2.09. The molecule has 5 nitrogen and oxygen atoms in total. The maximum Gasteiger partial charge on any atom is 0.345 e. The van der Waals surface area contributed by atoms with Crippen molar-refractivity contribution in [2.45, 2.75) is 6.17 Å². The molecular weight excluding hydrogens is 124 g/mol. The fraction of sp³-hybridized carbons (Fsp3) is 0.500. The summed E-state index contributed by atoms with van der Waals surface area (Å²) < 4.78 is 0. The van der Waals surface area contributed by atoms with E-state index in [1.165, 1.54) is 6.21 Å². The van der Waals surface area contributed by atoms with Crippen molar-refractivity contribution < 1.29 is 15.1 Å². The van der Waals surface area contributed by atoms with Crippen LogP contribution >= 0.6 is 0 Å². The molecule has 0 bridgehead atoms. The Morgan fingerprint density at radius 3 is 2.78 bits per heavy atom. The van der Waals surface area contributed by atoms with Crippen LogP contribution in [0.3, 0.4) is 0 Å². The highest BCUT2D eigenvalue weighted by Crippen LogP contribution is 2.01. The van der Waals surface area contributed by atoms with Crippen LogP contribution in [0.2, 0.25) is 0 Å². The molecule has 9 heavy (non-hydrogen) atoms. The summed E-state index contributed by atoms with van der Waals surface area (Å²) in [5, 5.41) is 17.6. The number of carboxylic acids is 1. The molecule has 1 rings (SSSR count). The zero-order chi connectivity index (χ0) is 6.85. The zero-order valence-corrected chi connectivity index (χ0v) is 4.56. The summed E-state index contributed by atoms with van der Waals surface area (Å²) in [7, 11) is 0. The van der Waals surface area contributed by atoms with Gasteiger partial charge in [-0.3, -0.25) is 4.99 Å². The molecule has 50 valence electrons. The van der Waals surface area contributed by atoms with Crippen molar-refractivity contribution in [3.8, 4) is 0 Å². The van der Waals surface area contributed by atoms with Crippen molar-refractivity contribution in [3.05, 3.63) is 0 Å². The molecular formula is C4H6N2O3. The fourth-order valence-corrected chi connectivity index (χ4v) is 0.599. The summed E-state index contributed by atoms with van der Waals surface area (Å²) in [6.07, 6.45) is 0.267. The van der Waals surface area contributed by atoms with Gasteiger partial charge in [-0.05, 0) is 0 Å². The van der Waals surface area contributed by atoms with Gasteiger partial charge >= 0.3 is 5.97 Å². The summed E-state index contributed by atoms with van der Waals surface area (Å²) in [6, 6.07) is 0. The lowest BCUT2D eigenvalue weighted by Crippen LogP contribution is -2.33. The van der Waals surface area contributed by atoms with Gasteiger partial charge in [-0.2, -0.15) is 5.06 Å². The summed E-state index contributed by atoms with van der Waals surface area (Å²) >= 11 is 0. The van der Waals surface area contributed by atoms with E-state index in [4.69, 9.17) is 10.3 Å². The Morgan fingerprint density at radius 1 is 1.89 bits per heavy atom. The summed E-state index contributed by atoms with van der Waals surface area (Å²) in [5.74, 6) is -1.13. The Morgan fingerprint density at radius 2 is 2.56 bits per heavy atom. The molecule has 0 amide bonds. The molecule has 0 aromatic rings. The lowest BCUT2D eigenvalue weighted by molar-refractivity contribution is -0.161. The molecule has 0 fully saturated rings. The zero-order valence-electron chi connectivity index (χ0n) is 4.56. The summed E-state index contributed by atoms with van der Waals surface area (Å²) in [4.78, 5) is 13.6. The minimum absolute atomic E-state index is 0.191. The molecule has 0 spiro atoms. The maximum absolute atomic E-state index is 10.1. The summed E-state index contributed by atoms with van der Waals surface area (Å²) in [5.41, 5.74) is 0. The number of carboxylic acid groups (broad SMARTS) is 1. The fourth-order valence-electron chi connectivity index (χ4n) is 0.599. The molecule has 0 aromatic carbocycles. The topological polar surface area (TPSA) is 73.1 Å². The van der Waals surface area contributed by atoms with Crippen LogP contribution in [0.5, 0.6) is 0 Å². The molecule has 1 aliphatic rings. The Hall–Kier alpha value is -0.940. The van der Waals surface area contributed by atoms with E-state index >= 15 is 0 Å². The standard InChI is InChI=1S/C4H6N2O3/c7-4(8)3-5-1-2-6(3)9/h1,3,9H,2H2,(H,7,8). The third kappa shape index (κ3) is 1.06. The van der Waals surface area contributed by atoms with Crippen molar-refractivity contribution >= 4 is 12.2 Å². The van der Waals surface area contributed by atoms with Crippen LogP contribution in [0.4, 0.5) is 0 Å². The largest absolute Gasteiger partial charge is 0.479 e. The average Bonchev–Trinajstić information content (AvgIpc) is 2.13. The van der Waals surface area contributed by atoms with E-state index in [2.05, 4.69) is 4.99 Å². The molecule has 0 aromatic heterocycles. The monoisotopic (exact) mass is 130 g/mol. The molecule has 2 N–H and O–H groups in total. The van der Waals surface area contributed by atoms with Crippen LogP contribution in [-0.2, 0) is 4.79 Å². The van der Waals surface area contributed by atoms with Gasteiger partial charge in [0, 0.05) is 6.21 Å². The second-order valence-electron chi connectivity index (χ2n) is 1.67. The molecule has 0 aliphatic carbocycles. The molecule has 1 heterocycles. The van der Waals surface area contributed by atoms with Gasteiger partial charge in [-0.1, -0.05) is 0 Å². The van der Waals surface area contributed by atoms with E-state index in [0.29, 0.717) is 5.06 Å². The van der Waals surface area contributed by atoms with Crippen LogP contribution < -0.4 is 0 Å². The first-order valence-electron chi connectivity index (χ1n) is 2.42. The van der Waals surface area contributed by atoms with Crippen molar-refractivity contribution in [1.29, 1.82) is 0 Å².